The minimum Gasteiger partial charge on any atom is -0.343 e. The SMILES string of the molecule is CCN(C)CCC(C)N(C)C(C)=O. The maximum absolute atomic E-state index is 11.0. The molecular formula is C10H22N2O. The Hall–Kier alpha value is -0.570. The first-order valence-corrected chi connectivity index (χ1v) is 4.91. The Labute approximate surface area is 81.7 Å². The van der Waals surface area contributed by atoms with Crippen LogP contribution in [0.25, 0.3) is 0 Å². The van der Waals surface area contributed by atoms with Crippen LogP contribution in [0.4, 0.5) is 0 Å². The summed E-state index contributed by atoms with van der Waals surface area (Å²) in [5.74, 6) is 0.145. The molecule has 0 aromatic heterocycles. The second-order valence-corrected chi connectivity index (χ2v) is 3.66. The van der Waals surface area contributed by atoms with Crippen LogP contribution in [0.5, 0.6) is 0 Å². The van der Waals surface area contributed by atoms with Gasteiger partial charge in [-0.1, -0.05) is 6.92 Å². The Balaban J connectivity index is 3.73. The zero-order valence-electron chi connectivity index (χ0n) is 9.50. The number of hydrogen-bond acceptors (Lipinski definition) is 2. The zero-order valence-corrected chi connectivity index (χ0v) is 9.50. The molecule has 1 unspecified atom stereocenters. The maximum atomic E-state index is 11.0. The fraction of sp³-hybridized carbons (Fsp3) is 0.900. The van der Waals surface area contributed by atoms with Gasteiger partial charge in [-0.05, 0) is 33.5 Å². The highest BCUT2D eigenvalue weighted by Gasteiger charge is 2.11. The molecule has 0 radical (unpaired) electrons. The number of amides is 1. The third-order valence-corrected chi connectivity index (χ3v) is 2.63. The molecule has 13 heavy (non-hydrogen) atoms. The first kappa shape index (κ1) is 12.4. The van der Waals surface area contributed by atoms with Crippen molar-refractivity contribution in [1.29, 1.82) is 0 Å². The normalized spacial score (nSPS) is 13.1. The Morgan fingerprint density at radius 1 is 1.38 bits per heavy atom. The van der Waals surface area contributed by atoms with Crippen LogP contribution in [0.3, 0.4) is 0 Å². The van der Waals surface area contributed by atoms with Gasteiger partial charge in [0.05, 0.1) is 0 Å². The molecule has 78 valence electrons. The van der Waals surface area contributed by atoms with Gasteiger partial charge in [0.1, 0.15) is 0 Å². The molecule has 0 aromatic carbocycles. The van der Waals surface area contributed by atoms with Gasteiger partial charge in [0.25, 0.3) is 0 Å². The summed E-state index contributed by atoms with van der Waals surface area (Å²) in [4.78, 5) is 15.1. The van der Waals surface area contributed by atoms with Gasteiger partial charge in [-0.25, -0.2) is 0 Å². The Morgan fingerprint density at radius 2 is 1.92 bits per heavy atom. The number of nitrogens with zero attached hydrogens (tertiary/aromatic N) is 2. The molecule has 3 heteroatoms. The molecule has 0 aromatic rings. The number of carbonyl (C=O) groups excluding carboxylic acids is 1. The number of carbonyl (C=O) groups is 1. The van der Waals surface area contributed by atoms with E-state index in [4.69, 9.17) is 0 Å². The van der Waals surface area contributed by atoms with E-state index >= 15 is 0 Å². The molecule has 0 spiro atoms. The quantitative estimate of drug-likeness (QED) is 0.644. The molecule has 0 heterocycles. The highest BCUT2D eigenvalue weighted by Crippen LogP contribution is 2.02. The number of rotatable bonds is 5. The minimum absolute atomic E-state index is 0.145. The van der Waals surface area contributed by atoms with E-state index in [0.717, 1.165) is 19.5 Å². The van der Waals surface area contributed by atoms with Gasteiger partial charge < -0.3 is 9.80 Å². The van der Waals surface area contributed by atoms with Crippen molar-refractivity contribution < 1.29 is 4.79 Å². The van der Waals surface area contributed by atoms with Crippen molar-refractivity contribution in [3.63, 3.8) is 0 Å². The van der Waals surface area contributed by atoms with Gasteiger partial charge in [-0.15, -0.1) is 0 Å². The minimum atomic E-state index is 0.145. The van der Waals surface area contributed by atoms with E-state index in [1.165, 1.54) is 0 Å². The van der Waals surface area contributed by atoms with E-state index in [2.05, 4.69) is 25.8 Å². The van der Waals surface area contributed by atoms with Crippen molar-refractivity contribution in [2.24, 2.45) is 0 Å². The second kappa shape index (κ2) is 5.97. The Morgan fingerprint density at radius 3 is 2.31 bits per heavy atom. The maximum Gasteiger partial charge on any atom is 0.219 e. The third kappa shape index (κ3) is 4.88. The van der Waals surface area contributed by atoms with Crippen molar-refractivity contribution in [3.05, 3.63) is 0 Å². The summed E-state index contributed by atoms with van der Waals surface area (Å²) >= 11 is 0. The Bertz CT molecular complexity index is 159. The lowest BCUT2D eigenvalue weighted by Gasteiger charge is -2.25. The molecule has 0 saturated carbocycles. The molecule has 0 aliphatic carbocycles. The molecular weight excluding hydrogens is 164 g/mol. The van der Waals surface area contributed by atoms with Crippen molar-refractivity contribution >= 4 is 5.91 Å². The molecule has 3 nitrogen and oxygen atoms in total. The predicted octanol–water partition coefficient (Wildman–Crippen LogP) is 1.19. The smallest absolute Gasteiger partial charge is 0.219 e. The second-order valence-electron chi connectivity index (χ2n) is 3.66. The first-order valence-electron chi connectivity index (χ1n) is 4.91. The predicted molar refractivity (Wildman–Crippen MR) is 55.7 cm³/mol. The molecule has 1 amide bonds. The largest absolute Gasteiger partial charge is 0.343 e. The molecule has 0 N–H and O–H groups in total. The highest BCUT2D eigenvalue weighted by molar-refractivity contribution is 5.73. The van der Waals surface area contributed by atoms with E-state index in [1.807, 2.05) is 7.05 Å². The van der Waals surface area contributed by atoms with Crippen LogP contribution in [0.15, 0.2) is 0 Å². The Kier molecular flexibility index (Phi) is 5.71. The van der Waals surface area contributed by atoms with E-state index in [9.17, 15) is 4.79 Å². The van der Waals surface area contributed by atoms with Gasteiger partial charge in [-0.2, -0.15) is 0 Å². The van der Waals surface area contributed by atoms with Crippen LogP contribution in [-0.4, -0.2) is 48.9 Å². The molecule has 0 aliphatic heterocycles. The lowest BCUT2D eigenvalue weighted by Crippen LogP contribution is -2.35. The van der Waals surface area contributed by atoms with E-state index in [0.29, 0.717) is 6.04 Å². The van der Waals surface area contributed by atoms with Crippen molar-refractivity contribution in [1.82, 2.24) is 9.80 Å². The molecule has 0 rings (SSSR count). The summed E-state index contributed by atoms with van der Waals surface area (Å²) in [5, 5.41) is 0. The van der Waals surface area contributed by atoms with E-state index in [-0.39, 0.29) is 5.91 Å². The van der Waals surface area contributed by atoms with Gasteiger partial charge in [0.15, 0.2) is 0 Å². The molecule has 0 bridgehead atoms. The molecule has 0 saturated heterocycles. The topological polar surface area (TPSA) is 23.6 Å². The summed E-state index contributed by atoms with van der Waals surface area (Å²) in [7, 11) is 3.96. The summed E-state index contributed by atoms with van der Waals surface area (Å²) in [5.41, 5.74) is 0. The highest BCUT2D eigenvalue weighted by atomic mass is 16.2. The standard InChI is InChI=1S/C10H22N2O/c1-6-11(4)8-7-9(2)12(5)10(3)13/h9H,6-8H2,1-5H3. The van der Waals surface area contributed by atoms with Gasteiger partial charge in [-0.3, -0.25) is 4.79 Å². The third-order valence-electron chi connectivity index (χ3n) is 2.63. The first-order chi connectivity index (χ1) is 5.99. The lowest BCUT2D eigenvalue weighted by molar-refractivity contribution is -0.129. The summed E-state index contributed by atoms with van der Waals surface area (Å²) in [6, 6.07) is 0.339. The van der Waals surface area contributed by atoms with Crippen LogP contribution < -0.4 is 0 Å². The van der Waals surface area contributed by atoms with Crippen molar-refractivity contribution in [3.8, 4) is 0 Å². The van der Waals surface area contributed by atoms with Crippen LogP contribution in [-0.2, 0) is 4.79 Å². The van der Waals surface area contributed by atoms with E-state index < -0.39 is 0 Å². The summed E-state index contributed by atoms with van der Waals surface area (Å²) in [6.45, 7) is 7.95. The van der Waals surface area contributed by atoms with Crippen LogP contribution >= 0.6 is 0 Å². The molecule has 0 aliphatic rings. The zero-order chi connectivity index (χ0) is 10.4. The van der Waals surface area contributed by atoms with Crippen LogP contribution in [0, 0.1) is 0 Å². The molecule has 1 atom stereocenters. The average Bonchev–Trinajstić information content (AvgIpc) is 2.11. The van der Waals surface area contributed by atoms with Gasteiger partial charge in [0, 0.05) is 20.0 Å². The van der Waals surface area contributed by atoms with Crippen LogP contribution in [0.2, 0.25) is 0 Å². The van der Waals surface area contributed by atoms with Gasteiger partial charge >= 0.3 is 0 Å². The fourth-order valence-corrected chi connectivity index (χ4v) is 1.07. The fourth-order valence-electron chi connectivity index (χ4n) is 1.07. The van der Waals surface area contributed by atoms with Crippen LogP contribution in [0.1, 0.15) is 27.2 Å². The summed E-state index contributed by atoms with van der Waals surface area (Å²) in [6.07, 6.45) is 1.04. The molecule has 0 fully saturated rings. The van der Waals surface area contributed by atoms with Crippen molar-refractivity contribution in [2.75, 3.05) is 27.2 Å². The lowest BCUT2D eigenvalue weighted by atomic mass is 10.2. The monoisotopic (exact) mass is 186 g/mol. The van der Waals surface area contributed by atoms with Crippen molar-refractivity contribution in [2.45, 2.75) is 33.2 Å². The van der Waals surface area contributed by atoms with Gasteiger partial charge in [0.2, 0.25) is 5.91 Å². The number of hydrogen-bond donors (Lipinski definition) is 0. The average molecular weight is 186 g/mol. The van der Waals surface area contributed by atoms with E-state index in [1.54, 1.807) is 11.8 Å². The summed E-state index contributed by atoms with van der Waals surface area (Å²) < 4.78 is 0.